The van der Waals surface area contributed by atoms with Gasteiger partial charge in [0, 0.05) is 6.04 Å². The van der Waals surface area contributed by atoms with Gasteiger partial charge < -0.3 is 35.6 Å². The molecule has 7 N–H and O–H groups in total. The Morgan fingerprint density at radius 3 is 2.45 bits per heavy atom. The van der Waals surface area contributed by atoms with Gasteiger partial charge in [-0.05, 0) is 32.7 Å². The van der Waals surface area contributed by atoms with Crippen molar-refractivity contribution in [3.8, 4) is 0 Å². The summed E-state index contributed by atoms with van der Waals surface area (Å²) in [6.45, 7) is 4.42. The molecule has 1 heterocycles. The van der Waals surface area contributed by atoms with Crippen LogP contribution in [-0.4, -0.2) is 81.6 Å². The van der Waals surface area contributed by atoms with E-state index in [9.17, 15) is 20.4 Å². The molecule has 0 aromatic heterocycles. The molecule has 0 bridgehead atoms. The van der Waals surface area contributed by atoms with E-state index in [-0.39, 0.29) is 0 Å². The fraction of sp³-hybridized carbons (Fsp3) is 1.00. The minimum Gasteiger partial charge on any atom is -0.394 e. The Labute approximate surface area is 131 Å². The number of aliphatic hydroxyl groups excluding tert-OH is 5. The molecule has 8 nitrogen and oxygen atoms in total. The van der Waals surface area contributed by atoms with Gasteiger partial charge in [-0.25, -0.2) is 0 Å². The van der Waals surface area contributed by atoms with Crippen LogP contribution in [0.25, 0.3) is 0 Å². The van der Waals surface area contributed by atoms with E-state index in [0.717, 1.165) is 19.4 Å². The zero-order valence-corrected chi connectivity index (χ0v) is 13.2. The van der Waals surface area contributed by atoms with Gasteiger partial charge in [0.1, 0.15) is 24.5 Å². The van der Waals surface area contributed by atoms with Gasteiger partial charge in [-0.3, -0.25) is 5.32 Å². The molecule has 22 heavy (non-hydrogen) atoms. The van der Waals surface area contributed by atoms with Gasteiger partial charge in [0.2, 0.25) is 0 Å². The number of aliphatic hydroxyl groups is 5. The standard InChI is InChI=1S/C14H30N2O6/c1-3-8(2)15-6-4-5-10(18)16-11-13(20)12(19)9(7-17)22-14(11)21/h8-21H,3-7H2,1-2H3. The van der Waals surface area contributed by atoms with Gasteiger partial charge >= 0.3 is 0 Å². The third-order valence-electron chi connectivity index (χ3n) is 4.04. The monoisotopic (exact) mass is 322 g/mol. The van der Waals surface area contributed by atoms with E-state index in [1.165, 1.54) is 0 Å². The Bertz CT molecular complexity index is 309. The van der Waals surface area contributed by atoms with Crippen molar-refractivity contribution in [1.82, 2.24) is 10.6 Å². The normalized spacial score (nSPS) is 35.3. The largest absolute Gasteiger partial charge is 0.394 e. The lowest BCUT2D eigenvalue weighted by atomic mass is 9.97. The molecule has 0 amide bonds. The molecule has 0 aromatic rings. The molecule has 0 radical (unpaired) electrons. The van der Waals surface area contributed by atoms with Crippen molar-refractivity contribution in [1.29, 1.82) is 0 Å². The first-order chi connectivity index (χ1) is 10.4. The maximum atomic E-state index is 9.95. The summed E-state index contributed by atoms with van der Waals surface area (Å²) in [4.78, 5) is 0. The van der Waals surface area contributed by atoms with Crippen LogP contribution in [0.2, 0.25) is 0 Å². The van der Waals surface area contributed by atoms with E-state index in [0.29, 0.717) is 12.5 Å². The summed E-state index contributed by atoms with van der Waals surface area (Å²) >= 11 is 0. The number of ether oxygens (including phenoxy) is 1. The molecule has 1 fully saturated rings. The molecule has 132 valence electrons. The Hall–Kier alpha value is -0.320. The SMILES string of the molecule is CCC(C)NCCCC(O)NC1C(O)OC(CO)C(O)C1O. The highest BCUT2D eigenvalue weighted by molar-refractivity contribution is 4.93. The molecule has 0 spiro atoms. The van der Waals surface area contributed by atoms with Crippen molar-refractivity contribution in [3.05, 3.63) is 0 Å². The number of hydrogen-bond donors (Lipinski definition) is 7. The Morgan fingerprint density at radius 2 is 1.86 bits per heavy atom. The Morgan fingerprint density at radius 1 is 1.18 bits per heavy atom. The molecule has 7 atom stereocenters. The van der Waals surface area contributed by atoms with Crippen molar-refractivity contribution in [2.45, 2.75) is 76.0 Å². The smallest absolute Gasteiger partial charge is 0.173 e. The zero-order valence-electron chi connectivity index (χ0n) is 13.2. The minimum absolute atomic E-state index is 0.422. The molecule has 0 aromatic carbocycles. The Kier molecular flexibility index (Phi) is 8.73. The Balaban J connectivity index is 2.35. The van der Waals surface area contributed by atoms with Gasteiger partial charge in [0.25, 0.3) is 0 Å². The van der Waals surface area contributed by atoms with Crippen LogP contribution in [0.3, 0.4) is 0 Å². The second-order valence-corrected chi connectivity index (χ2v) is 5.84. The third kappa shape index (κ3) is 5.71. The maximum absolute atomic E-state index is 9.95. The molecule has 1 aliphatic rings. The van der Waals surface area contributed by atoms with E-state index < -0.39 is 43.5 Å². The number of hydrogen-bond acceptors (Lipinski definition) is 8. The second-order valence-electron chi connectivity index (χ2n) is 5.84. The average molecular weight is 322 g/mol. The predicted molar refractivity (Wildman–Crippen MR) is 79.9 cm³/mol. The lowest BCUT2D eigenvalue weighted by Gasteiger charge is -2.41. The maximum Gasteiger partial charge on any atom is 0.173 e. The van der Waals surface area contributed by atoms with Crippen LogP contribution in [0.4, 0.5) is 0 Å². The first-order valence-corrected chi connectivity index (χ1v) is 7.88. The van der Waals surface area contributed by atoms with Crippen LogP contribution >= 0.6 is 0 Å². The molecule has 8 heteroatoms. The number of nitrogens with one attached hydrogen (secondary N) is 2. The van der Waals surface area contributed by atoms with Crippen LogP contribution in [0.1, 0.15) is 33.1 Å². The highest BCUT2D eigenvalue weighted by atomic mass is 16.6. The van der Waals surface area contributed by atoms with Gasteiger partial charge in [0.05, 0.1) is 12.6 Å². The molecular formula is C14H30N2O6. The van der Waals surface area contributed by atoms with Crippen molar-refractivity contribution in [3.63, 3.8) is 0 Å². The summed E-state index contributed by atoms with van der Waals surface area (Å²) in [5, 5.41) is 54.4. The van der Waals surface area contributed by atoms with E-state index in [1.807, 2.05) is 0 Å². The lowest BCUT2D eigenvalue weighted by Crippen LogP contribution is -2.64. The minimum atomic E-state index is -1.41. The van der Waals surface area contributed by atoms with Gasteiger partial charge in [-0.1, -0.05) is 6.92 Å². The van der Waals surface area contributed by atoms with Crippen LogP contribution in [0, 0.1) is 0 Å². The summed E-state index contributed by atoms with van der Waals surface area (Å²) in [7, 11) is 0. The lowest BCUT2D eigenvalue weighted by molar-refractivity contribution is -0.258. The average Bonchev–Trinajstić information content (AvgIpc) is 2.51. The fourth-order valence-corrected chi connectivity index (χ4v) is 2.37. The van der Waals surface area contributed by atoms with Crippen LogP contribution in [0.5, 0.6) is 0 Å². The van der Waals surface area contributed by atoms with E-state index >= 15 is 0 Å². The zero-order chi connectivity index (χ0) is 16.7. The first kappa shape index (κ1) is 19.7. The summed E-state index contributed by atoms with van der Waals surface area (Å²) in [6.07, 6.45) is -3.88. The third-order valence-corrected chi connectivity index (χ3v) is 4.04. The molecule has 0 saturated carbocycles. The molecule has 7 unspecified atom stereocenters. The van der Waals surface area contributed by atoms with Crippen molar-refractivity contribution in [2.75, 3.05) is 13.2 Å². The molecule has 0 aliphatic carbocycles. The second kappa shape index (κ2) is 9.74. The van der Waals surface area contributed by atoms with Crippen LogP contribution in [-0.2, 0) is 4.74 Å². The molecular weight excluding hydrogens is 292 g/mol. The van der Waals surface area contributed by atoms with E-state index in [4.69, 9.17) is 9.84 Å². The van der Waals surface area contributed by atoms with Crippen LogP contribution in [0.15, 0.2) is 0 Å². The quantitative estimate of drug-likeness (QED) is 0.189. The predicted octanol–water partition coefficient (Wildman–Crippen LogP) is -2.14. The van der Waals surface area contributed by atoms with Crippen molar-refractivity contribution in [2.24, 2.45) is 0 Å². The van der Waals surface area contributed by atoms with E-state index in [1.54, 1.807) is 0 Å². The van der Waals surface area contributed by atoms with E-state index in [2.05, 4.69) is 24.5 Å². The summed E-state index contributed by atoms with van der Waals surface area (Å²) in [5.74, 6) is 0. The molecule has 1 rings (SSSR count). The topological polar surface area (TPSA) is 134 Å². The molecule has 1 saturated heterocycles. The van der Waals surface area contributed by atoms with Crippen LogP contribution < -0.4 is 10.6 Å². The summed E-state index contributed by atoms with van der Waals surface area (Å²) in [5.41, 5.74) is 0. The summed E-state index contributed by atoms with van der Waals surface area (Å²) in [6, 6.07) is -0.596. The van der Waals surface area contributed by atoms with Gasteiger partial charge in [-0.15, -0.1) is 0 Å². The van der Waals surface area contributed by atoms with Crippen molar-refractivity contribution >= 4 is 0 Å². The van der Waals surface area contributed by atoms with Gasteiger partial charge in [-0.2, -0.15) is 0 Å². The number of rotatable bonds is 9. The fourth-order valence-electron chi connectivity index (χ4n) is 2.37. The summed E-state index contributed by atoms with van der Waals surface area (Å²) < 4.78 is 5.01. The first-order valence-electron chi connectivity index (χ1n) is 7.88. The highest BCUT2D eigenvalue weighted by Crippen LogP contribution is 2.20. The molecule has 1 aliphatic heterocycles. The van der Waals surface area contributed by atoms with Crippen molar-refractivity contribution < 1.29 is 30.3 Å². The highest BCUT2D eigenvalue weighted by Gasteiger charge is 2.43. The van der Waals surface area contributed by atoms with Gasteiger partial charge in [0.15, 0.2) is 6.29 Å².